The molecule has 8 heteroatoms. The number of hydrogen-bond donors (Lipinski definition) is 2. The Hall–Kier alpha value is -3.26. The Bertz CT molecular complexity index is 941. The lowest BCUT2D eigenvalue weighted by Gasteiger charge is -2.05. The van der Waals surface area contributed by atoms with Gasteiger partial charge in [-0.05, 0) is 42.5 Å². The molecule has 0 aliphatic rings. The number of aromatic nitrogens is 1. The molecule has 0 saturated carbocycles. The zero-order valence-corrected chi connectivity index (χ0v) is 14.3. The first-order chi connectivity index (χ1) is 12.5. The summed E-state index contributed by atoms with van der Waals surface area (Å²) in [5.74, 6) is -1.49. The second-order valence-corrected chi connectivity index (χ2v) is 6.15. The minimum Gasteiger partial charge on any atom is -0.452 e. The van der Waals surface area contributed by atoms with Crippen LogP contribution in [0.15, 0.2) is 53.9 Å². The Morgan fingerprint density at radius 3 is 2.69 bits per heavy atom. The number of carbonyl (C=O) groups excluding carboxylic acids is 2. The van der Waals surface area contributed by atoms with Gasteiger partial charge in [-0.3, -0.25) is 10.1 Å². The molecule has 3 N–H and O–H groups in total. The first-order valence-corrected chi connectivity index (χ1v) is 8.43. The smallest absolute Gasteiger partial charge is 0.338 e. The Labute approximate surface area is 152 Å². The molecular weight excluding hydrogens is 357 g/mol. The van der Waals surface area contributed by atoms with Gasteiger partial charge in [0.1, 0.15) is 5.82 Å². The largest absolute Gasteiger partial charge is 0.452 e. The average Bonchev–Trinajstić information content (AvgIpc) is 3.08. The fourth-order valence-corrected chi connectivity index (χ4v) is 2.86. The third-order valence-corrected chi connectivity index (χ3v) is 4.10. The molecule has 0 fully saturated rings. The SMILES string of the molecule is Nc1cccc(C(=O)OCC(=O)Nc2nc(-c3ccc(F)cc3)cs2)c1. The first kappa shape index (κ1) is 17.6. The van der Waals surface area contributed by atoms with Gasteiger partial charge in [-0.15, -0.1) is 11.3 Å². The van der Waals surface area contributed by atoms with Crippen molar-refractivity contribution in [3.05, 3.63) is 65.3 Å². The van der Waals surface area contributed by atoms with Gasteiger partial charge in [0.05, 0.1) is 11.3 Å². The van der Waals surface area contributed by atoms with Gasteiger partial charge in [-0.1, -0.05) is 6.07 Å². The second kappa shape index (κ2) is 7.75. The van der Waals surface area contributed by atoms with Gasteiger partial charge < -0.3 is 10.5 Å². The summed E-state index contributed by atoms with van der Waals surface area (Å²) in [6.45, 7) is -0.445. The summed E-state index contributed by atoms with van der Waals surface area (Å²) in [5.41, 5.74) is 7.64. The molecule has 0 bridgehead atoms. The fraction of sp³-hybridized carbons (Fsp3) is 0.0556. The Morgan fingerprint density at radius 1 is 1.19 bits per heavy atom. The van der Waals surface area contributed by atoms with Gasteiger partial charge in [-0.2, -0.15) is 0 Å². The van der Waals surface area contributed by atoms with E-state index in [-0.39, 0.29) is 11.4 Å². The summed E-state index contributed by atoms with van der Waals surface area (Å²) >= 11 is 1.22. The number of carbonyl (C=O) groups is 2. The highest BCUT2D eigenvalue weighted by molar-refractivity contribution is 7.14. The summed E-state index contributed by atoms with van der Waals surface area (Å²) < 4.78 is 17.9. The lowest BCUT2D eigenvalue weighted by molar-refractivity contribution is -0.119. The number of nitrogens with zero attached hydrogens (tertiary/aromatic N) is 1. The number of thiazole rings is 1. The van der Waals surface area contributed by atoms with Crippen LogP contribution in [0.3, 0.4) is 0 Å². The van der Waals surface area contributed by atoms with E-state index in [1.165, 1.54) is 29.5 Å². The second-order valence-electron chi connectivity index (χ2n) is 5.29. The highest BCUT2D eigenvalue weighted by atomic mass is 32.1. The Balaban J connectivity index is 1.55. The molecule has 6 nitrogen and oxygen atoms in total. The first-order valence-electron chi connectivity index (χ1n) is 7.55. The van der Waals surface area contributed by atoms with Crippen LogP contribution in [0.4, 0.5) is 15.2 Å². The topological polar surface area (TPSA) is 94.3 Å². The predicted molar refractivity (Wildman–Crippen MR) is 97.3 cm³/mol. The molecule has 3 aromatic rings. The van der Waals surface area contributed by atoms with Crippen molar-refractivity contribution in [3.8, 4) is 11.3 Å². The number of rotatable bonds is 5. The number of nitrogens with two attached hydrogens (primary N) is 1. The highest BCUT2D eigenvalue weighted by Gasteiger charge is 2.12. The normalized spacial score (nSPS) is 10.3. The summed E-state index contributed by atoms with van der Waals surface area (Å²) in [5, 5.41) is 4.65. The van der Waals surface area contributed by atoms with Crippen molar-refractivity contribution in [2.45, 2.75) is 0 Å². The molecule has 2 aromatic carbocycles. The molecule has 0 radical (unpaired) electrons. The number of amides is 1. The summed E-state index contributed by atoms with van der Waals surface area (Å²) in [4.78, 5) is 28.0. The summed E-state index contributed by atoms with van der Waals surface area (Å²) in [7, 11) is 0. The maximum atomic E-state index is 13.0. The van der Waals surface area contributed by atoms with Gasteiger partial charge in [0.15, 0.2) is 11.7 Å². The van der Waals surface area contributed by atoms with Crippen molar-refractivity contribution in [1.29, 1.82) is 0 Å². The number of esters is 1. The number of anilines is 2. The third-order valence-electron chi connectivity index (χ3n) is 3.35. The molecule has 26 heavy (non-hydrogen) atoms. The Morgan fingerprint density at radius 2 is 1.96 bits per heavy atom. The van der Waals surface area contributed by atoms with Gasteiger partial charge in [0.25, 0.3) is 5.91 Å². The molecule has 0 aliphatic carbocycles. The monoisotopic (exact) mass is 371 g/mol. The number of ether oxygens (including phenoxy) is 1. The molecule has 1 aromatic heterocycles. The van der Waals surface area contributed by atoms with E-state index >= 15 is 0 Å². The molecule has 0 atom stereocenters. The maximum Gasteiger partial charge on any atom is 0.338 e. The summed E-state index contributed by atoms with van der Waals surface area (Å²) in [6.07, 6.45) is 0. The van der Waals surface area contributed by atoms with Crippen molar-refractivity contribution in [2.24, 2.45) is 0 Å². The number of nitrogen functional groups attached to an aromatic ring is 1. The molecule has 3 rings (SSSR count). The zero-order chi connectivity index (χ0) is 18.5. The molecule has 0 unspecified atom stereocenters. The van der Waals surface area contributed by atoms with Crippen LogP contribution < -0.4 is 11.1 Å². The van der Waals surface area contributed by atoms with Gasteiger partial charge >= 0.3 is 5.97 Å². The fourth-order valence-electron chi connectivity index (χ4n) is 2.12. The number of halogens is 1. The van der Waals surface area contributed by atoms with Crippen molar-refractivity contribution < 1.29 is 18.7 Å². The van der Waals surface area contributed by atoms with Crippen LogP contribution in [0.2, 0.25) is 0 Å². The van der Waals surface area contributed by atoms with E-state index in [2.05, 4.69) is 10.3 Å². The highest BCUT2D eigenvalue weighted by Crippen LogP contribution is 2.25. The molecule has 1 amide bonds. The molecule has 0 spiro atoms. The number of nitrogens with one attached hydrogen (secondary N) is 1. The lowest BCUT2D eigenvalue weighted by Crippen LogP contribution is -2.20. The van der Waals surface area contributed by atoms with E-state index < -0.39 is 18.5 Å². The lowest BCUT2D eigenvalue weighted by atomic mass is 10.2. The van der Waals surface area contributed by atoms with Crippen LogP contribution in [-0.2, 0) is 9.53 Å². The van der Waals surface area contributed by atoms with E-state index in [0.717, 1.165) is 5.56 Å². The van der Waals surface area contributed by atoms with Crippen LogP contribution in [0, 0.1) is 5.82 Å². The molecular formula is C18H14FN3O3S. The molecule has 1 heterocycles. The third kappa shape index (κ3) is 4.42. The molecule has 132 valence electrons. The maximum absolute atomic E-state index is 13.0. The molecule has 0 aliphatic heterocycles. The summed E-state index contributed by atoms with van der Waals surface area (Å²) in [6, 6.07) is 12.2. The van der Waals surface area contributed by atoms with Crippen molar-refractivity contribution in [3.63, 3.8) is 0 Å². The van der Waals surface area contributed by atoms with Crippen LogP contribution in [0.1, 0.15) is 10.4 Å². The minimum absolute atomic E-state index is 0.269. The van der Waals surface area contributed by atoms with E-state index in [4.69, 9.17) is 10.5 Å². The average molecular weight is 371 g/mol. The van der Waals surface area contributed by atoms with Crippen LogP contribution in [-0.4, -0.2) is 23.5 Å². The quantitative estimate of drug-likeness (QED) is 0.530. The van der Waals surface area contributed by atoms with E-state index in [1.54, 1.807) is 35.7 Å². The van der Waals surface area contributed by atoms with Crippen molar-refractivity contribution in [2.75, 3.05) is 17.7 Å². The number of hydrogen-bond acceptors (Lipinski definition) is 6. The van der Waals surface area contributed by atoms with E-state index in [0.29, 0.717) is 16.5 Å². The van der Waals surface area contributed by atoms with Gasteiger partial charge in [-0.25, -0.2) is 14.2 Å². The van der Waals surface area contributed by atoms with Crippen LogP contribution >= 0.6 is 11.3 Å². The number of benzene rings is 2. The predicted octanol–water partition coefficient (Wildman–Crippen LogP) is 3.33. The standard InChI is InChI=1S/C18H14FN3O3S/c19-13-6-4-11(5-7-13)15-10-26-18(21-15)22-16(23)9-25-17(24)12-2-1-3-14(20)8-12/h1-8,10H,9,20H2,(H,21,22,23). The van der Waals surface area contributed by atoms with Crippen molar-refractivity contribution in [1.82, 2.24) is 4.98 Å². The van der Waals surface area contributed by atoms with Gasteiger partial charge in [0.2, 0.25) is 0 Å². The van der Waals surface area contributed by atoms with Crippen LogP contribution in [0.25, 0.3) is 11.3 Å². The zero-order valence-electron chi connectivity index (χ0n) is 13.4. The van der Waals surface area contributed by atoms with Crippen LogP contribution in [0.5, 0.6) is 0 Å². The molecule has 0 saturated heterocycles. The Kier molecular flexibility index (Phi) is 5.23. The van der Waals surface area contributed by atoms with E-state index in [1.807, 2.05) is 0 Å². The van der Waals surface area contributed by atoms with Crippen molar-refractivity contribution >= 4 is 34.0 Å². The minimum atomic E-state index is -0.640. The van der Waals surface area contributed by atoms with E-state index in [9.17, 15) is 14.0 Å². The van der Waals surface area contributed by atoms with Gasteiger partial charge in [0, 0.05) is 16.6 Å².